The van der Waals surface area contributed by atoms with Crippen molar-refractivity contribution in [1.29, 1.82) is 0 Å². The maximum absolute atomic E-state index is 11.8. The van der Waals surface area contributed by atoms with Gasteiger partial charge >= 0.3 is 0 Å². The monoisotopic (exact) mass is 402 g/mol. The van der Waals surface area contributed by atoms with E-state index in [9.17, 15) is 9.59 Å². The van der Waals surface area contributed by atoms with Crippen LogP contribution >= 0.6 is 27.5 Å². The van der Waals surface area contributed by atoms with Crippen molar-refractivity contribution in [3.63, 3.8) is 0 Å². The molecular weight excluding hydrogens is 384 g/mol. The Hall–Kier alpha value is -1.27. The van der Waals surface area contributed by atoms with Gasteiger partial charge in [-0.05, 0) is 37.5 Å². The van der Waals surface area contributed by atoms with Gasteiger partial charge in [0, 0.05) is 30.5 Å². The van der Waals surface area contributed by atoms with Crippen LogP contribution < -0.4 is 10.1 Å². The van der Waals surface area contributed by atoms with Crippen LogP contribution in [-0.2, 0) is 9.59 Å². The highest BCUT2D eigenvalue weighted by molar-refractivity contribution is 9.10. The van der Waals surface area contributed by atoms with Crippen molar-refractivity contribution in [2.75, 3.05) is 26.2 Å². The van der Waals surface area contributed by atoms with E-state index >= 15 is 0 Å². The third kappa shape index (κ3) is 5.39. The van der Waals surface area contributed by atoms with E-state index in [1.165, 1.54) is 0 Å². The number of hydrogen-bond donors (Lipinski definition) is 1. The number of hydrogen-bond acceptors (Lipinski definition) is 3. The molecule has 1 fully saturated rings. The maximum atomic E-state index is 11.8. The summed E-state index contributed by atoms with van der Waals surface area (Å²) in [4.78, 5) is 25.1. The first-order valence-electron chi connectivity index (χ1n) is 7.60. The van der Waals surface area contributed by atoms with E-state index in [1.807, 2.05) is 17.9 Å². The topological polar surface area (TPSA) is 58.6 Å². The van der Waals surface area contributed by atoms with Gasteiger partial charge in [-0.1, -0.05) is 27.5 Å². The molecule has 7 heteroatoms. The Kier molecular flexibility index (Phi) is 6.72. The molecule has 0 aromatic heterocycles. The molecule has 1 aromatic rings. The minimum absolute atomic E-state index is 0.0785. The Morgan fingerprint density at radius 1 is 1.48 bits per heavy atom. The fourth-order valence-electron chi connectivity index (χ4n) is 2.50. The summed E-state index contributed by atoms with van der Waals surface area (Å²) in [6, 6.07) is 3.61. The highest BCUT2D eigenvalue weighted by Crippen LogP contribution is 2.31. The first-order chi connectivity index (χ1) is 11.0. The second-order valence-corrected chi connectivity index (χ2v) is 6.83. The second kappa shape index (κ2) is 8.55. The smallest absolute Gasteiger partial charge is 0.257 e. The van der Waals surface area contributed by atoms with Crippen molar-refractivity contribution in [1.82, 2.24) is 10.2 Å². The number of benzene rings is 1. The lowest BCUT2D eigenvalue weighted by molar-refractivity contribution is -0.127. The normalized spacial score (nSPS) is 14.2. The van der Waals surface area contributed by atoms with E-state index in [4.69, 9.17) is 16.3 Å². The molecular formula is C16H20BrClN2O3. The molecule has 0 atom stereocenters. The molecule has 0 radical (unpaired) electrons. The Balaban J connectivity index is 1.68. The predicted octanol–water partition coefficient (Wildman–Crippen LogP) is 2.92. The van der Waals surface area contributed by atoms with Crippen molar-refractivity contribution in [2.24, 2.45) is 0 Å². The number of rotatable bonds is 7. The van der Waals surface area contributed by atoms with Crippen LogP contribution in [0.5, 0.6) is 5.75 Å². The summed E-state index contributed by atoms with van der Waals surface area (Å²) in [7, 11) is 0. The highest BCUT2D eigenvalue weighted by atomic mass is 79.9. The number of carbonyl (C=O) groups excluding carboxylic acids is 2. The van der Waals surface area contributed by atoms with E-state index in [0.29, 0.717) is 30.3 Å². The summed E-state index contributed by atoms with van der Waals surface area (Å²) in [6.45, 7) is 3.84. The number of aryl methyl sites for hydroxylation is 1. The number of likely N-dealkylation sites (tertiary alicyclic amines) is 1. The lowest BCUT2D eigenvalue weighted by Gasteiger charge is -2.15. The van der Waals surface area contributed by atoms with Crippen molar-refractivity contribution < 1.29 is 14.3 Å². The van der Waals surface area contributed by atoms with Crippen LogP contribution in [0.25, 0.3) is 0 Å². The van der Waals surface area contributed by atoms with Gasteiger partial charge in [0.15, 0.2) is 6.61 Å². The van der Waals surface area contributed by atoms with Gasteiger partial charge in [0.25, 0.3) is 5.91 Å². The molecule has 0 aliphatic carbocycles. The largest absolute Gasteiger partial charge is 0.482 e. The van der Waals surface area contributed by atoms with Crippen molar-refractivity contribution >= 4 is 39.3 Å². The fraction of sp³-hybridized carbons (Fsp3) is 0.500. The van der Waals surface area contributed by atoms with Crippen molar-refractivity contribution in [3.8, 4) is 5.75 Å². The van der Waals surface area contributed by atoms with E-state index in [-0.39, 0.29) is 18.4 Å². The molecule has 2 rings (SSSR count). The fourth-order valence-corrected chi connectivity index (χ4v) is 3.52. The average Bonchev–Trinajstić information content (AvgIpc) is 2.88. The molecule has 1 saturated heterocycles. The van der Waals surface area contributed by atoms with E-state index in [0.717, 1.165) is 29.4 Å². The number of ether oxygens (including phenoxy) is 1. The zero-order chi connectivity index (χ0) is 16.8. The summed E-state index contributed by atoms with van der Waals surface area (Å²) in [6.07, 6.45) is 2.33. The molecule has 23 heavy (non-hydrogen) atoms. The van der Waals surface area contributed by atoms with Crippen LogP contribution in [0.2, 0.25) is 5.02 Å². The number of nitrogens with zero attached hydrogens (tertiary/aromatic N) is 1. The van der Waals surface area contributed by atoms with Gasteiger partial charge in [0.2, 0.25) is 5.91 Å². The SMILES string of the molecule is Cc1cc(Br)cc(Cl)c1OCC(=O)NCCCN1CCCC1=O. The number of carbonyl (C=O) groups is 2. The minimum Gasteiger partial charge on any atom is -0.482 e. The zero-order valence-electron chi connectivity index (χ0n) is 13.0. The van der Waals surface area contributed by atoms with Gasteiger partial charge in [-0.2, -0.15) is 0 Å². The van der Waals surface area contributed by atoms with Gasteiger partial charge < -0.3 is 15.0 Å². The molecule has 1 aromatic carbocycles. The Labute approximate surface area is 149 Å². The van der Waals surface area contributed by atoms with Crippen molar-refractivity contribution in [3.05, 3.63) is 27.2 Å². The van der Waals surface area contributed by atoms with Gasteiger partial charge in [0.05, 0.1) is 5.02 Å². The molecule has 1 aliphatic rings. The van der Waals surface area contributed by atoms with Crippen LogP contribution in [0.3, 0.4) is 0 Å². The third-order valence-corrected chi connectivity index (χ3v) is 4.38. The first-order valence-corrected chi connectivity index (χ1v) is 8.77. The Morgan fingerprint density at radius 3 is 2.91 bits per heavy atom. The summed E-state index contributed by atoms with van der Waals surface area (Å²) < 4.78 is 6.37. The van der Waals surface area contributed by atoms with Crippen LogP contribution in [0.4, 0.5) is 0 Å². The maximum Gasteiger partial charge on any atom is 0.257 e. The lowest BCUT2D eigenvalue weighted by atomic mass is 10.2. The molecule has 2 amide bonds. The molecule has 0 bridgehead atoms. The van der Waals surface area contributed by atoms with E-state index < -0.39 is 0 Å². The van der Waals surface area contributed by atoms with Crippen LogP contribution in [0.15, 0.2) is 16.6 Å². The second-order valence-electron chi connectivity index (χ2n) is 5.51. The number of nitrogens with one attached hydrogen (secondary N) is 1. The Morgan fingerprint density at radius 2 is 2.26 bits per heavy atom. The van der Waals surface area contributed by atoms with Crippen LogP contribution in [0, 0.1) is 6.92 Å². The molecule has 1 heterocycles. The molecule has 5 nitrogen and oxygen atoms in total. The van der Waals surface area contributed by atoms with Crippen molar-refractivity contribution in [2.45, 2.75) is 26.2 Å². The average molecular weight is 404 g/mol. The summed E-state index contributed by atoms with van der Waals surface area (Å²) in [5.41, 5.74) is 0.865. The third-order valence-electron chi connectivity index (χ3n) is 3.64. The number of amides is 2. The molecule has 0 unspecified atom stereocenters. The quantitative estimate of drug-likeness (QED) is 0.712. The van der Waals surface area contributed by atoms with Gasteiger partial charge in [-0.3, -0.25) is 9.59 Å². The molecule has 1 aliphatic heterocycles. The Bertz CT molecular complexity index is 572. The zero-order valence-corrected chi connectivity index (χ0v) is 15.4. The summed E-state index contributed by atoms with van der Waals surface area (Å²) in [5, 5.41) is 3.26. The minimum atomic E-state index is -0.198. The van der Waals surface area contributed by atoms with Gasteiger partial charge in [0.1, 0.15) is 5.75 Å². The van der Waals surface area contributed by atoms with Gasteiger partial charge in [-0.15, -0.1) is 0 Å². The standard InChI is InChI=1S/C16H20BrClN2O3/c1-11-8-12(17)9-13(18)16(11)23-10-14(21)19-5-3-7-20-6-2-4-15(20)22/h8-9H,2-7,10H2,1H3,(H,19,21). The van der Waals surface area contributed by atoms with Crippen LogP contribution in [0.1, 0.15) is 24.8 Å². The summed E-state index contributed by atoms with van der Waals surface area (Å²) >= 11 is 9.46. The molecule has 126 valence electrons. The lowest BCUT2D eigenvalue weighted by Crippen LogP contribution is -2.33. The molecule has 0 saturated carbocycles. The van der Waals surface area contributed by atoms with Crippen LogP contribution in [-0.4, -0.2) is 43.0 Å². The highest BCUT2D eigenvalue weighted by Gasteiger charge is 2.19. The van der Waals surface area contributed by atoms with Gasteiger partial charge in [-0.25, -0.2) is 0 Å². The van der Waals surface area contributed by atoms with E-state index in [2.05, 4.69) is 21.2 Å². The molecule has 0 spiro atoms. The number of halogens is 2. The molecule has 1 N–H and O–H groups in total. The van der Waals surface area contributed by atoms with E-state index in [1.54, 1.807) is 6.07 Å². The first kappa shape index (κ1) is 18.1. The summed E-state index contributed by atoms with van der Waals surface area (Å²) in [5.74, 6) is 0.531. The predicted molar refractivity (Wildman–Crippen MR) is 92.8 cm³/mol.